The second-order valence-electron chi connectivity index (χ2n) is 5.59. The number of carbonyl (C=O) groups excluding carboxylic acids is 1. The molecule has 3 aromatic rings. The Hall–Kier alpha value is -2.37. The van der Waals surface area contributed by atoms with Crippen molar-refractivity contribution < 1.29 is 14.5 Å². The van der Waals surface area contributed by atoms with Crippen molar-refractivity contribution in [2.24, 2.45) is 0 Å². The fourth-order valence-electron chi connectivity index (χ4n) is 2.52. The quantitative estimate of drug-likeness (QED) is 0.685. The summed E-state index contributed by atoms with van der Waals surface area (Å²) >= 11 is 1.68. The Morgan fingerprint density at radius 3 is 2.62 bits per heavy atom. The van der Waals surface area contributed by atoms with Crippen LogP contribution in [0.1, 0.15) is 16.2 Å². The van der Waals surface area contributed by atoms with Crippen molar-refractivity contribution >= 4 is 17.2 Å². The van der Waals surface area contributed by atoms with Gasteiger partial charge in [0.25, 0.3) is 5.91 Å². The van der Waals surface area contributed by atoms with E-state index in [1.165, 1.54) is 4.88 Å². The van der Waals surface area contributed by atoms with E-state index in [0.29, 0.717) is 26.2 Å². The SMILES string of the molecule is O=C(C[NH2+]Cc1ccco1)N(Cc1ccccc1)Cc1cccs1. The van der Waals surface area contributed by atoms with Crippen molar-refractivity contribution in [3.8, 4) is 0 Å². The van der Waals surface area contributed by atoms with E-state index in [1.807, 2.05) is 52.0 Å². The van der Waals surface area contributed by atoms with Gasteiger partial charge in [-0.15, -0.1) is 11.3 Å². The number of benzene rings is 1. The van der Waals surface area contributed by atoms with E-state index in [9.17, 15) is 4.79 Å². The molecule has 24 heavy (non-hydrogen) atoms. The van der Waals surface area contributed by atoms with Crippen LogP contribution in [-0.2, 0) is 24.4 Å². The van der Waals surface area contributed by atoms with E-state index in [4.69, 9.17) is 4.42 Å². The average Bonchev–Trinajstić information content (AvgIpc) is 3.29. The molecule has 0 aliphatic rings. The first-order valence-corrected chi connectivity index (χ1v) is 8.87. The molecule has 0 spiro atoms. The molecule has 2 heterocycles. The summed E-state index contributed by atoms with van der Waals surface area (Å²) in [6.45, 7) is 2.38. The van der Waals surface area contributed by atoms with Gasteiger partial charge in [0.2, 0.25) is 0 Å². The molecule has 0 bridgehead atoms. The third-order valence-electron chi connectivity index (χ3n) is 3.74. The third kappa shape index (κ3) is 4.81. The number of furan rings is 1. The van der Waals surface area contributed by atoms with Crippen molar-refractivity contribution in [3.05, 3.63) is 82.4 Å². The van der Waals surface area contributed by atoms with Gasteiger partial charge in [-0.2, -0.15) is 0 Å². The Kier molecular flexibility index (Phi) is 5.82. The van der Waals surface area contributed by atoms with E-state index >= 15 is 0 Å². The zero-order valence-electron chi connectivity index (χ0n) is 13.4. The lowest BCUT2D eigenvalue weighted by Crippen LogP contribution is -2.85. The van der Waals surface area contributed by atoms with E-state index < -0.39 is 0 Å². The minimum atomic E-state index is 0.138. The highest BCUT2D eigenvalue weighted by atomic mass is 32.1. The number of carbonyl (C=O) groups is 1. The van der Waals surface area contributed by atoms with Crippen LogP contribution in [0.25, 0.3) is 0 Å². The van der Waals surface area contributed by atoms with E-state index in [-0.39, 0.29) is 5.91 Å². The molecule has 124 valence electrons. The zero-order valence-corrected chi connectivity index (χ0v) is 14.2. The first kappa shape index (κ1) is 16.5. The smallest absolute Gasteiger partial charge is 0.278 e. The van der Waals surface area contributed by atoms with Crippen LogP contribution >= 0.6 is 11.3 Å². The van der Waals surface area contributed by atoms with Gasteiger partial charge in [0.1, 0.15) is 6.54 Å². The lowest BCUT2D eigenvalue weighted by atomic mass is 10.2. The number of thiophene rings is 1. The third-order valence-corrected chi connectivity index (χ3v) is 4.60. The Bertz CT molecular complexity index is 724. The molecular weight excluding hydrogens is 320 g/mol. The van der Waals surface area contributed by atoms with Gasteiger partial charge in [-0.25, -0.2) is 0 Å². The Labute approximate surface area is 145 Å². The summed E-state index contributed by atoms with van der Waals surface area (Å²) in [4.78, 5) is 15.8. The van der Waals surface area contributed by atoms with Gasteiger partial charge in [-0.1, -0.05) is 36.4 Å². The van der Waals surface area contributed by atoms with Crippen molar-refractivity contribution in [1.29, 1.82) is 0 Å². The summed E-state index contributed by atoms with van der Waals surface area (Å²) < 4.78 is 5.30. The Morgan fingerprint density at radius 1 is 1.04 bits per heavy atom. The molecule has 3 rings (SSSR count). The maximum Gasteiger partial charge on any atom is 0.278 e. The summed E-state index contributed by atoms with van der Waals surface area (Å²) in [6, 6.07) is 18.0. The summed E-state index contributed by atoms with van der Waals surface area (Å²) in [6.07, 6.45) is 1.66. The van der Waals surface area contributed by atoms with Crippen molar-refractivity contribution in [1.82, 2.24) is 4.90 Å². The largest absolute Gasteiger partial charge is 0.463 e. The van der Waals surface area contributed by atoms with Crippen LogP contribution in [0.2, 0.25) is 0 Å². The molecular formula is C19H21N2O2S+. The number of quaternary nitrogens is 1. The highest BCUT2D eigenvalue weighted by molar-refractivity contribution is 7.09. The minimum absolute atomic E-state index is 0.138. The lowest BCUT2D eigenvalue weighted by molar-refractivity contribution is -0.662. The molecule has 0 fully saturated rings. The van der Waals surface area contributed by atoms with E-state index in [0.717, 1.165) is 11.3 Å². The molecule has 0 saturated heterocycles. The summed E-state index contributed by atoms with van der Waals surface area (Å²) in [7, 11) is 0. The molecule has 0 radical (unpaired) electrons. The van der Waals surface area contributed by atoms with Crippen molar-refractivity contribution in [2.75, 3.05) is 6.54 Å². The predicted octanol–water partition coefficient (Wildman–Crippen LogP) is 2.63. The zero-order chi connectivity index (χ0) is 16.6. The monoisotopic (exact) mass is 341 g/mol. The number of amides is 1. The van der Waals surface area contributed by atoms with Gasteiger partial charge >= 0.3 is 0 Å². The molecule has 0 saturated carbocycles. The van der Waals surface area contributed by atoms with Crippen LogP contribution in [0, 0.1) is 0 Å². The van der Waals surface area contributed by atoms with E-state index in [1.54, 1.807) is 17.6 Å². The average molecular weight is 341 g/mol. The molecule has 2 aromatic heterocycles. The summed E-state index contributed by atoms with van der Waals surface area (Å²) in [5.74, 6) is 1.02. The molecule has 1 amide bonds. The van der Waals surface area contributed by atoms with Gasteiger partial charge in [0.05, 0.1) is 12.8 Å². The highest BCUT2D eigenvalue weighted by Gasteiger charge is 2.17. The van der Waals surface area contributed by atoms with Gasteiger partial charge < -0.3 is 14.6 Å². The topological polar surface area (TPSA) is 50.1 Å². The summed E-state index contributed by atoms with van der Waals surface area (Å²) in [5.41, 5.74) is 1.15. The lowest BCUT2D eigenvalue weighted by Gasteiger charge is -2.21. The first-order valence-electron chi connectivity index (χ1n) is 7.99. The molecule has 0 atom stereocenters. The molecule has 0 aliphatic carbocycles. The fraction of sp³-hybridized carbons (Fsp3) is 0.211. The number of nitrogens with zero attached hydrogens (tertiary/aromatic N) is 1. The predicted molar refractivity (Wildman–Crippen MR) is 94.2 cm³/mol. The first-order chi connectivity index (χ1) is 11.8. The second-order valence-corrected chi connectivity index (χ2v) is 6.62. The van der Waals surface area contributed by atoms with Gasteiger partial charge in [0.15, 0.2) is 12.3 Å². The molecule has 0 unspecified atom stereocenters. The number of hydrogen-bond donors (Lipinski definition) is 1. The van der Waals surface area contributed by atoms with Crippen LogP contribution in [0.3, 0.4) is 0 Å². The van der Waals surface area contributed by atoms with Crippen LogP contribution in [0.4, 0.5) is 0 Å². The summed E-state index contributed by atoms with van der Waals surface area (Å²) in [5, 5.41) is 4.02. The standard InChI is InChI=1S/C19H20N2O2S/c22-19(13-20-12-17-8-4-10-23-17)21(15-18-9-5-11-24-18)14-16-6-2-1-3-7-16/h1-11,20H,12-15H2/p+1. The molecule has 0 aliphatic heterocycles. The molecule has 1 aromatic carbocycles. The Balaban J connectivity index is 1.60. The highest BCUT2D eigenvalue weighted by Crippen LogP contribution is 2.14. The maximum absolute atomic E-state index is 12.7. The normalized spacial score (nSPS) is 10.7. The molecule has 5 heteroatoms. The van der Waals surface area contributed by atoms with Gasteiger partial charge in [-0.05, 0) is 29.1 Å². The van der Waals surface area contributed by atoms with Crippen LogP contribution in [0.5, 0.6) is 0 Å². The number of nitrogens with two attached hydrogens (primary N) is 1. The second kappa shape index (κ2) is 8.47. The molecule has 4 nitrogen and oxygen atoms in total. The Morgan fingerprint density at radius 2 is 1.92 bits per heavy atom. The number of rotatable bonds is 8. The van der Waals surface area contributed by atoms with Crippen LogP contribution in [0.15, 0.2) is 70.7 Å². The van der Waals surface area contributed by atoms with Crippen LogP contribution < -0.4 is 5.32 Å². The van der Waals surface area contributed by atoms with Crippen molar-refractivity contribution in [2.45, 2.75) is 19.6 Å². The maximum atomic E-state index is 12.7. The van der Waals surface area contributed by atoms with E-state index in [2.05, 4.69) is 18.2 Å². The minimum Gasteiger partial charge on any atom is -0.463 e. The molecule has 2 N–H and O–H groups in total. The number of hydrogen-bond acceptors (Lipinski definition) is 3. The van der Waals surface area contributed by atoms with Crippen LogP contribution in [-0.4, -0.2) is 17.4 Å². The van der Waals surface area contributed by atoms with Gasteiger partial charge in [0, 0.05) is 11.4 Å². The van der Waals surface area contributed by atoms with Crippen molar-refractivity contribution in [3.63, 3.8) is 0 Å². The van der Waals surface area contributed by atoms with Gasteiger partial charge in [-0.3, -0.25) is 4.79 Å². The fourth-order valence-corrected chi connectivity index (χ4v) is 3.24.